The normalized spacial score (nSPS) is 34.2. The van der Waals surface area contributed by atoms with Gasteiger partial charge in [0.15, 0.2) is 0 Å². The van der Waals surface area contributed by atoms with Crippen LogP contribution in [0.5, 0.6) is 0 Å². The second-order valence-electron chi connectivity index (χ2n) is 4.19. The Balaban J connectivity index is 2.61. The minimum absolute atomic E-state index is 0.0143. The molecule has 0 aromatic rings. The van der Waals surface area contributed by atoms with E-state index in [-0.39, 0.29) is 24.2 Å². The molecule has 1 amide bonds. The van der Waals surface area contributed by atoms with E-state index in [9.17, 15) is 4.79 Å². The van der Waals surface area contributed by atoms with Crippen LogP contribution in [-0.4, -0.2) is 42.1 Å². The first-order valence-corrected chi connectivity index (χ1v) is 5.11. The first kappa shape index (κ1) is 11.5. The van der Waals surface area contributed by atoms with Crippen molar-refractivity contribution in [2.75, 3.05) is 7.05 Å². The molecule has 4 nitrogen and oxygen atoms in total. The molecule has 1 aliphatic heterocycles. The van der Waals surface area contributed by atoms with Gasteiger partial charge in [0, 0.05) is 7.05 Å². The number of amides is 1. The lowest BCUT2D eigenvalue weighted by molar-refractivity contribution is -0.133. The van der Waals surface area contributed by atoms with Gasteiger partial charge in [-0.2, -0.15) is 0 Å². The highest BCUT2D eigenvalue weighted by Crippen LogP contribution is 2.23. The fraction of sp³-hybridized carbons (Fsp3) is 0.900. The van der Waals surface area contributed by atoms with Crippen LogP contribution in [0.2, 0.25) is 0 Å². The van der Waals surface area contributed by atoms with Crippen molar-refractivity contribution in [3.63, 3.8) is 0 Å². The topological polar surface area (TPSA) is 55.6 Å². The van der Waals surface area contributed by atoms with Gasteiger partial charge in [0.05, 0.1) is 24.3 Å². The van der Waals surface area contributed by atoms with Gasteiger partial charge >= 0.3 is 0 Å². The van der Waals surface area contributed by atoms with Crippen LogP contribution in [-0.2, 0) is 9.53 Å². The van der Waals surface area contributed by atoms with E-state index >= 15 is 0 Å². The lowest BCUT2D eigenvalue weighted by atomic mass is 10.1. The molecule has 0 aromatic heterocycles. The van der Waals surface area contributed by atoms with Gasteiger partial charge in [0.1, 0.15) is 0 Å². The molecule has 0 saturated carbocycles. The Morgan fingerprint density at radius 2 is 2.14 bits per heavy atom. The van der Waals surface area contributed by atoms with Crippen LogP contribution in [0, 0.1) is 0 Å². The van der Waals surface area contributed by atoms with E-state index in [1.807, 2.05) is 13.8 Å². The molecule has 4 heteroatoms. The summed E-state index contributed by atoms with van der Waals surface area (Å²) in [4.78, 5) is 13.3. The van der Waals surface area contributed by atoms with Gasteiger partial charge in [0.2, 0.25) is 5.91 Å². The van der Waals surface area contributed by atoms with E-state index in [2.05, 4.69) is 0 Å². The van der Waals surface area contributed by atoms with E-state index in [0.717, 1.165) is 6.42 Å². The highest BCUT2D eigenvalue weighted by atomic mass is 16.5. The largest absolute Gasteiger partial charge is 0.373 e. The van der Waals surface area contributed by atoms with Crippen LogP contribution in [0.3, 0.4) is 0 Å². The Hall–Kier alpha value is -0.610. The molecule has 82 valence electrons. The van der Waals surface area contributed by atoms with E-state index in [0.29, 0.717) is 0 Å². The monoisotopic (exact) mass is 200 g/mol. The van der Waals surface area contributed by atoms with Crippen molar-refractivity contribution in [3.05, 3.63) is 0 Å². The van der Waals surface area contributed by atoms with Gasteiger partial charge in [-0.05, 0) is 27.2 Å². The quantitative estimate of drug-likeness (QED) is 0.700. The minimum atomic E-state index is -0.428. The number of hydrogen-bond acceptors (Lipinski definition) is 3. The van der Waals surface area contributed by atoms with Gasteiger partial charge in [-0.1, -0.05) is 0 Å². The smallest absolute Gasteiger partial charge is 0.239 e. The van der Waals surface area contributed by atoms with E-state index in [1.54, 1.807) is 18.9 Å². The lowest BCUT2D eigenvalue weighted by Gasteiger charge is -2.28. The number of likely N-dealkylation sites (N-methyl/N-ethyl adjacent to an activating group) is 1. The molecule has 0 bridgehead atoms. The number of nitrogens with zero attached hydrogens (tertiary/aromatic N) is 1. The molecule has 1 saturated heterocycles. The van der Waals surface area contributed by atoms with Crippen molar-refractivity contribution >= 4 is 5.91 Å². The summed E-state index contributed by atoms with van der Waals surface area (Å²) in [5.74, 6) is -0.0143. The molecule has 0 radical (unpaired) electrons. The van der Waals surface area contributed by atoms with Crippen LogP contribution >= 0.6 is 0 Å². The predicted molar refractivity (Wildman–Crippen MR) is 54.8 cm³/mol. The molecule has 4 atom stereocenters. The molecule has 1 aliphatic rings. The van der Waals surface area contributed by atoms with Gasteiger partial charge in [-0.3, -0.25) is 4.79 Å². The third kappa shape index (κ3) is 2.25. The number of ether oxygens (including phenoxy) is 1. The zero-order chi connectivity index (χ0) is 10.9. The Labute approximate surface area is 85.4 Å². The fourth-order valence-corrected chi connectivity index (χ4v) is 2.00. The molecule has 2 N–H and O–H groups in total. The maximum atomic E-state index is 11.6. The second kappa shape index (κ2) is 4.28. The van der Waals surface area contributed by atoms with Gasteiger partial charge in [-0.15, -0.1) is 0 Å². The zero-order valence-electron chi connectivity index (χ0n) is 9.36. The number of carbonyl (C=O) groups excluding carboxylic acids is 1. The van der Waals surface area contributed by atoms with Crippen LogP contribution in [0.15, 0.2) is 0 Å². The van der Waals surface area contributed by atoms with Gasteiger partial charge in [-0.25, -0.2) is 0 Å². The first-order chi connectivity index (χ1) is 6.43. The number of hydrogen-bond donors (Lipinski definition) is 1. The summed E-state index contributed by atoms with van der Waals surface area (Å²) in [6, 6.07) is -0.258. The standard InChI is InChI=1S/C10H20N2O2/c1-6-5-9(8(3)14-6)12(4)10(13)7(2)11/h6-9H,5,11H2,1-4H3/t6?,7-,8?,9?/m0/s1. The van der Waals surface area contributed by atoms with Gasteiger partial charge < -0.3 is 15.4 Å². The molecule has 0 aliphatic carbocycles. The molecule has 1 rings (SSSR count). The summed E-state index contributed by atoms with van der Waals surface area (Å²) >= 11 is 0. The average molecular weight is 200 g/mol. The molecule has 1 heterocycles. The van der Waals surface area contributed by atoms with Crippen LogP contribution in [0.25, 0.3) is 0 Å². The summed E-state index contributed by atoms with van der Waals surface area (Å²) in [7, 11) is 1.80. The Kier molecular flexibility index (Phi) is 3.50. The molecule has 1 fully saturated rings. The minimum Gasteiger partial charge on any atom is -0.373 e. The maximum Gasteiger partial charge on any atom is 0.239 e. The Morgan fingerprint density at radius 1 is 1.57 bits per heavy atom. The summed E-state index contributed by atoms with van der Waals surface area (Å²) in [5, 5.41) is 0. The molecular weight excluding hydrogens is 180 g/mol. The van der Waals surface area contributed by atoms with E-state index in [1.165, 1.54) is 0 Å². The third-order valence-corrected chi connectivity index (χ3v) is 2.80. The number of carbonyl (C=O) groups is 1. The van der Waals surface area contributed by atoms with Crippen molar-refractivity contribution in [2.24, 2.45) is 5.73 Å². The second-order valence-corrected chi connectivity index (χ2v) is 4.19. The highest BCUT2D eigenvalue weighted by Gasteiger charge is 2.35. The fourth-order valence-electron chi connectivity index (χ4n) is 2.00. The number of rotatable bonds is 2. The maximum absolute atomic E-state index is 11.6. The Morgan fingerprint density at radius 3 is 2.50 bits per heavy atom. The average Bonchev–Trinajstić information content (AvgIpc) is 2.42. The van der Waals surface area contributed by atoms with Crippen LogP contribution in [0.4, 0.5) is 0 Å². The predicted octanol–water partition coefficient (Wildman–Crippen LogP) is 0.358. The molecule has 3 unspecified atom stereocenters. The SMILES string of the molecule is CC1CC(N(C)C(=O)[C@H](C)N)C(C)O1. The molecule has 0 spiro atoms. The van der Waals surface area contributed by atoms with Crippen molar-refractivity contribution in [1.82, 2.24) is 4.90 Å². The third-order valence-electron chi connectivity index (χ3n) is 2.80. The summed E-state index contributed by atoms with van der Waals surface area (Å²) < 4.78 is 5.59. The Bertz CT molecular complexity index is 218. The van der Waals surface area contributed by atoms with E-state index < -0.39 is 6.04 Å². The van der Waals surface area contributed by atoms with Crippen LogP contribution in [0.1, 0.15) is 27.2 Å². The molecule has 14 heavy (non-hydrogen) atoms. The molecular formula is C10H20N2O2. The summed E-state index contributed by atoms with van der Waals surface area (Å²) in [5.41, 5.74) is 5.55. The lowest BCUT2D eigenvalue weighted by Crippen LogP contribution is -2.47. The van der Waals surface area contributed by atoms with Crippen molar-refractivity contribution in [2.45, 2.75) is 51.5 Å². The van der Waals surface area contributed by atoms with Crippen LogP contribution < -0.4 is 5.73 Å². The molecule has 0 aromatic carbocycles. The zero-order valence-corrected chi connectivity index (χ0v) is 9.36. The van der Waals surface area contributed by atoms with E-state index in [4.69, 9.17) is 10.5 Å². The van der Waals surface area contributed by atoms with Crippen molar-refractivity contribution in [1.29, 1.82) is 0 Å². The van der Waals surface area contributed by atoms with Crippen molar-refractivity contribution in [3.8, 4) is 0 Å². The number of nitrogens with two attached hydrogens (primary N) is 1. The first-order valence-electron chi connectivity index (χ1n) is 5.11. The van der Waals surface area contributed by atoms with Crippen molar-refractivity contribution < 1.29 is 9.53 Å². The summed E-state index contributed by atoms with van der Waals surface area (Å²) in [6.45, 7) is 5.74. The van der Waals surface area contributed by atoms with Gasteiger partial charge in [0.25, 0.3) is 0 Å². The summed E-state index contributed by atoms with van der Waals surface area (Å²) in [6.07, 6.45) is 1.24. The highest BCUT2D eigenvalue weighted by molar-refractivity contribution is 5.81.